The summed E-state index contributed by atoms with van der Waals surface area (Å²) in [6, 6.07) is 7.75. The van der Waals surface area contributed by atoms with Crippen LogP contribution in [0.4, 0.5) is 0 Å². The number of amides is 1. The highest BCUT2D eigenvalue weighted by Gasteiger charge is 2.49. The lowest BCUT2D eigenvalue weighted by molar-refractivity contribution is -0.141. The van der Waals surface area contributed by atoms with Crippen LogP contribution in [0.15, 0.2) is 54.3 Å². The van der Waals surface area contributed by atoms with Crippen LogP contribution in [0.25, 0.3) is 0 Å². The third-order valence-corrected chi connectivity index (χ3v) is 4.65. The van der Waals surface area contributed by atoms with E-state index in [2.05, 4.69) is 6.58 Å². The summed E-state index contributed by atoms with van der Waals surface area (Å²) in [4.78, 5) is 36.2. The van der Waals surface area contributed by atoms with Gasteiger partial charge in [0, 0.05) is 13.1 Å². The van der Waals surface area contributed by atoms with Gasteiger partial charge in [0.25, 0.3) is 5.91 Å². The number of nitrogens with two attached hydrogens (primary N) is 1. The number of benzene rings is 1. The molecule has 0 saturated carbocycles. The van der Waals surface area contributed by atoms with Crippen LogP contribution in [0, 0.1) is 5.92 Å². The molecule has 1 saturated heterocycles. The largest absolute Gasteiger partial charge is 0.481 e. The van der Waals surface area contributed by atoms with Crippen LogP contribution >= 0.6 is 0 Å². The maximum atomic E-state index is 12.5. The summed E-state index contributed by atoms with van der Waals surface area (Å²) in [5.74, 6) is -5.05. The molecular formula is C18H19N3O5. The number of carboxylic acids is 2. The molecule has 2 unspecified atom stereocenters. The number of carbonyl (C=O) groups is 3. The van der Waals surface area contributed by atoms with Gasteiger partial charge in [0.2, 0.25) is 0 Å². The van der Waals surface area contributed by atoms with Crippen molar-refractivity contribution in [3.8, 4) is 0 Å². The Morgan fingerprint density at radius 3 is 2.42 bits per heavy atom. The van der Waals surface area contributed by atoms with Gasteiger partial charge < -0.3 is 15.9 Å². The van der Waals surface area contributed by atoms with E-state index in [1.807, 2.05) is 0 Å². The summed E-state index contributed by atoms with van der Waals surface area (Å²) in [6.45, 7) is 3.87. The summed E-state index contributed by atoms with van der Waals surface area (Å²) >= 11 is 0. The average molecular weight is 357 g/mol. The Morgan fingerprint density at radius 2 is 1.88 bits per heavy atom. The second kappa shape index (κ2) is 6.74. The van der Waals surface area contributed by atoms with Gasteiger partial charge in [0.05, 0.1) is 5.70 Å². The van der Waals surface area contributed by atoms with Gasteiger partial charge in [-0.15, -0.1) is 6.58 Å². The van der Waals surface area contributed by atoms with E-state index in [-0.39, 0.29) is 18.8 Å². The van der Waals surface area contributed by atoms with Gasteiger partial charge in [-0.1, -0.05) is 36.4 Å². The van der Waals surface area contributed by atoms with E-state index >= 15 is 0 Å². The number of carbonyl (C=O) groups excluding carboxylic acids is 1. The summed E-state index contributed by atoms with van der Waals surface area (Å²) < 4.78 is 0. The van der Waals surface area contributed by atoms with Crippen molar-refractivity contribution in [3.05, 3.63) is 59.8 Å². The molecule has 1 aromatic carbocycles. The van der Waals surface area contributed by atoms with Crippen molar-refractivity contribution in [1.82, 2.24) is 10.0 Å². The molecule has 8 nitrogen and oxygen atoms in total. The molecular weight excluding hydrogens is 338 g/mol. The van der Waals surface area contributed by atoms with Crippen LogP contribution in [0.3, 0.4) is 0 Å². The van der Waals surface area contributed by atoms with Gasteiger partial charge in [0.15, 0.2) is 0 Å². The first-order valence-corrected chi connectivity index (χ1v) is 8.07. The first-order chi connectivity index (χ1) is 12.4. The molecule has 1 amide bonds. The zero-order valence-electron chi connectivity index (χ0n) is 13.9. The minimum atomic E-state index is -1.21. The normalized spacial score (nSPS) is 22.3. The van der Waals surface area contributed by atoms with Crippen molar-refractivity contribution in [3.63, 3.8) is 0 Å². The quantitative estimate of drug-likeness (QED) is 0.629. The molecule has 0 bridgehead atoms. The van der Waals surface area contributed by atoms with Crippen molar-refractivity contribution in [2.75, 3.05) is 13.1 Å². The number of rotatable bonds is 6. The molecule has 2 aliphatic heterocycles. The Morgan fingerprint density at radius 1 is 1.23 bits per heavy atom. The minimum Gasteiger partial charge on any atom is -0.481 e. The summed E-state index contributed by atoms with van der Waals surface area (Å²) in [5.41, 5.74) is 6.79. The molecule has 0 aliphatic carbocycles. The van der Waals surface area contributed by atoms with E-state index < -0.39 is 35.7 Å². The zero-order chi connectivity index (χ0) is 19.0. The van der Waals surface area contributed by atoms with Crippen LogP contribution in [0.1, 0.15) is 11.5 Å². The van der Waals surface area contributed by atoms with Gasteiger partial charge in [-0.25, -0.2) is 10.0 Å². The van der Waals surface area contributed by atoms with Gasteiger partial charge in [-0.3, -0.25) is 14.4 Å². The first-order valence-electron chi connectivity index (χ1n) is 8.07. The van der Waals surface area contributed by atoms with Crippen LogP contribution in [0.2, 0.25) is 0 Å². The zero-order valence-corrected chi connectivity index (χ0v) is 13.9. The summed E-state index contributed by atoms with van der Waals surface area (Å²) in [5, 5.41) is 22.2. The number of aliphatic carboxylic acids is 2. The Balaban J connectivity index is 2.19. The fraction of sp³-hybridized carbons (Fsp3) is 0.278. The van der Waals surface area contributed by atoms with E-state index in [1.165, 1.54) is 11.1 Å². The van der Waals surface area contributed by atoms with E-state index in [9.17, 15) is 24.6 Å². The van der Waals surface area contributed by atoms with Crippen LogP contribution < -0.4 is 5.73 Å². The van der Waals surface area contributed by atoms with E-state index in [0.717, 1.165) is 0 Å². The van der Waals surface area contributed by atoms with Crippen molar-refractivity contribution in [2.45, 2.75) is 12.0 Å². The maximum absolute atomic E-state index is 12.5. The van der Waals surface area contributed by atoms with Crippen LogP contribution in [-0.2, 0) is 14.4 Å². The van der Waals surface area contributed by atoms with Crippen LogP contribution in [0.5, 0.6) is 0 Å². The second-order valence-electron chi connectivity index (χ2n) is 6.25. The molecule has 1 aromatic rings. The molecule has 136 valence electrons. The van der Waals surface area contributed by atoms with Crippen molar-refractivity contribution < 1.29 is 24.6 Å². The Kier molecular flexibility index (Phi) is 4.62. The topological polar surface area (TPSA) is 124 Å². The van der Waals surface area contributed by atoms with Crippen LogP contribution in [-0.4, -0.2) is 57.2 Å². The van der Waals surface area contributed by atoms with E-state index in [1.54, 1.807) is 35.3 Å². The molecule has 0 radical (unpaired) electrons. The van der Waals surface area contributed by atoms with Gasteiger partial charge in [-0.05, 0) is 11.1 Å². The smallest absolute Gasteiger partial charge is 0.316 e. The standard InChI is InChI=1S/C18H19N3O5/c1-2-11(17(23)24)15-12(8-20-9-13(19)16(22)21(15)20)14(18(25)26)10-6-4-3-5-7-10/h2-7,11,13-14H,1,8-9,19H2,(H,23,24)(H,25,26)/t11?,13-,14?/m0/s1. The maximum Gasteiger partial charge on any atom is 0.316 e. The lowest BCUT2D eigenvalue weighted by Gasteiger charge is -2.24. The summed E-state index contributed by atoms with van der Waals surface area (Å²) in [6.07, 6.45) is 1.20. The fourth-order valence-corrected chi connectivity index (χ4v) is 3.54. The number of hydrazine groups is 1. The Bertz CT molecular complexity index is 804. The first kappa shape index (κ1) is 17.8. The average Bonchev–Trinajstić information content (AvgIpc) is 3.06. The molecule has 0 aromatic heterocycles. The predicted octanol–water partition coefficient (Wildman–Crippen LogP) is 0.396. The summed E-state index contributed by atoms with van der Waals surface area (Å²) in [7, 11) is 0. The highest BCUT2D eigenvalue weighted by molar-refractivity contribution is 5.89. The SMILES string of the molecule is C=CC(C(=O)O)C1=C(C(C(=O)O)c2ccccc2)CN2C[C@H](N)C(=O)N12. The van der Waals surface area contributed by atoms with Crippen molar-refractivity contribution in [2.24, 2.45) is 11.7 Å². The van der Waals surface area contributed by atoms with E-state index in [4.69, 9.17) is 5.73 Å². The molecule has 4 N–H and O–H groups in total. The van der Waals surface area contributed by atoms with E-state index in [0.29, 0.717) is 11.1 Å². The highest BCUT2D eigenvalue weighted by Crippen LogP contribution is 2.40. The molecule has 1 fully saturated rings. The third kappa shape index (κ3) is 2.79. The third-order valence-electron chi connectivity index (χ3n) is 4.65. The molecule has 3 atom stereocenters. The Labute approximate surface area is 149 Å². The number of hydrogen-bond acceptors (Lipinski definition) is 5. The minimum absolute atomic E-state index is 0.123. The predicted molar refractivity (Wildman–Crippen MR) is 91.6 cm³/mol. The van der Waals surface area contributed by atoms with Crippen molar-refractivity contribution >= 4 is 17.8 Å². The van der Waals surface area contributed by atoms with Gasteiger partial charge in [0.1, 0.15) is 17.9 Å². The molecule has 2 heterocycles. The second-order valence-corrected chi connectivity index (χ2v) is 6.25. The lowest BCUT2D eigenvalue weighted by Crippen LogP contribution is -2.38. The van der Waals surface area contributed by atoms with Crippen molar-refractivity contribution in [1.29, 1.82) is 0 Å². The number of carboxylic acid groups (broad SMARTS) is 2. The lowest BCUT2D eigenvalue weighted by atomic mass is 9.86. The fourth-order valence-electron chi connectivity index (χ4n) is 3.54. The monoisotopic (exact) mass is 357 g/mol. The highest BCUT2D eigenvalue weighted by atomic mass is 16.4. The molecule has 26 heavy (non-hydrogen) atoms. The molecule has 8 heteroatoms. The van der Waals surface area contributed by atoms with Gasteiger partial charge >= 0.3 is 11.9 Å². The molecule has 3 rings (SSSR count). The molecule has 0 spiro atoms. The number of nitrogens with zero attached hydrogens (tertiary/aromatic N) is 2. The molecule has 2 aliphatic rings. The Hall–Kier alpha value is -2.97. The van der Waals surface area contributed by atoms with Gasteiger partial charge in [-0.2, -0.15) is 0 Å². The number of fused-ring (bicyclic) bond motifs is 1. The number of hydrogen-bond donors (Lipinski definition) is 3.